The molecule has 0 unspecified atom stereocenters. The van der Waals surface area contributed by atoms with Crippen LogP contribution in [0.1, 0.15) is 41.4 Å². The fourth-order valence-electron chi connectivity index (χ4n) is 3.69. The second-order valence-corrected chi connectivity index (χ2v) is 8.31. The predicted molar refractivity (Wildman–Crippen MR) is 131 cm³/mol. The van der Waals surface area contributed by atoms with Crippen LogP contribution in [-0.4, -0.2) is 30.8 Å². The highest BCUT2D eigenvalue weighted by Crippen LogP contribution is 2.29. The summed E-state index contributed by atoms with van der Waals surface area (Å²) < 4.78 is 0. The number of nitrogens with one attached hydrogen (secondary N) is 1. The number of carbonyl (C=O) groups is 2. The number of halogens is 1. The SMILES string of the molecule is CC(=O)N(Cc1cc(NC(=O)c2ccccc2Cl)ccc1N(C)C)[C@H](C)c1ccccc1. The lowest BCUT2D eigenvalue weighted by atomic mass is 10.0. The average molecular weight is 450 g/mol. The molecule has 1 atom stereocenters. The van der Waals surface area contributed by atoms with Crippen molar-refractivity contribution < 1.29 is 9.59 Å². The lowest BCUT2D eigenvalue weighted by Crippen LogP contribution is -2.31. The number of carbonyl (C=O) groups excluding carboxylic acids is 2. The number of nitrogens with zero attached hydrogens (tertiary/aromatic N) is 2. The molecule has 5 nitrogen and oxygen atoms in total. The molecule has 6 heteroatoms. The van der Waals surface area contributed by atoms with Gasteiger partial charge in [-0.1, -0.05) is 54.1 Å². The molecular weight excluding hydrogens is 422 g/mol. The largest absolute Gasteiger partial charge is 0.377 e. The molecule has 1 N–H and O–H groups in total. The maximum atomic E-state index is 12.7. The number of benzene rings is 3. The summed E-state index contributed by atoms with van der Waals surface area (Å²) in [5.74, 6) is -0.295. The van der Waals surface area contributed by atoms with E-state index in [-0.39, 0.29) is 17.9 Å². The van der Waals surface area contributed by atoms with Gasteiger partial charge in [0, 0.05) is 38.9 Å². The predicted octanol–water partition coefficient (Wildman–Crippen LogP) is 5.77. The first-order chi connectivity index (χ1) is 15.3. The zero-order chi connectivity index (χ0) is 23.3. The highest BCUT2D eigenvalue weighted by atomic mass is 35.5. The van der Waals surface area contributed by atoms with Crippen LogP contribution in [0.2, 0.25) is 5.02 Å². The van der Waals surface area contributed by atoms with E-state index in [0.29, 0.717) is 22.8 Å². The van der Waals surface area contributed by atoms with Crippen molar-refractivity contribution in [2.45, 2.75) is 26.4 Å². The zero-order valence-electron chi connectivity index (χ0n) is 18.8. The summed E-state index contributed by atoms with van der Waals surface area (Å²) in [4.78, 5) is 29.1. The van der Waals surface area contributed by atoms with E-state index in [1.165, 1.54) is 0 Å². The first-order valence-corrected chi connectivity index (χ1v) is 10.8. The van der Waals surface area contributed by atoms with Gasteiger partial charge in [0.1, 0.15) is 0 Å². The second-order valence-electron chi connectivity index (χ2n) is 7.91. The van der Waals surface area contributed by atoms with Gasteiger partial charge in [0.25, 0.3) is 5.91 Å². The highest BCUT2D eigenvalue weighted by molar-refractivity contribution is 6.34. The fraction of sp³-hybridized carbons (Fsp3) is 0.231. The van der Waals surface area contributed by atoms with Gasteiger partial charge in [0.15, 0.2) is 0 Å². The first-order valence-electron chi connectivity index (χ1n) is 10.5. The van der Waals surface area contributed by atoms with Gasteiger partial charge in [0.05, 0.1) is 16.6 Å². The van der Waals surface area contributed by atoms with Crippen LogP contribution in [0.15, 0.2) is 72.8 Å². The molecule has 32 heavy (non-hydrogen) atoms. The summed E-state index contributed by atoms with van der Waals surface area (Å²) in [7, 11) is 3.92. The molecule has 0 aliphatic carbocycles. The minimum atomic E-state index is -0.278. The minimum Gasteiger partial charge on any atom is -0.377 e. The maximum Gasteiger partial charge on any atom is 0.257 e. The van der Waals surface area contributed by atoms with Crippen LogP contribution in [0, 0.1) is 0 Å². The molecule has 166 valence electrons. The maximum absolute atomic E-state index is 12.7. The molecule has 0 aliphatic heterocycles. The lowest BCUT2D eigenvalue weighted by molar-refractivity contribution is -0.131. The summed E-state index contributed by atoms with van der Waals surface area (Å²) in [5.41, 5.74) is 4.04. The smallest absolute Gasteiger partial charge is 0.257 e. The van der Waals surface area contributed by atoms with Crippen molar-refractivity contribution in [3.63, 3.8) is 0 Å². The van der Waals surface area contributed by atoms with Gasteiger partial charge in [-0.3, -0.25) is 9.59 Å². The molecule has 0 aromatic heterocycles. The summed E-state index contributed by atoms with van der Waals surface area (Å²) >= 11 is 6.17. The Labute approximate surface area is 194 Å². The molecule has 0 spiro atoms. The Bertz CT molecular complexity index is 1100. The Morgan fingerprint density at radius 1 is 0.969 bits per heavy atom. The van der Waals surface area contributed by atoms with Crippen molar-refractivity contribution in [1.82, 2.24) is 4.90 Å². The summed E-state index contributed by atoms with van der Waals surface area (Å²) in [6.07, 6.45) is 0. The molecule has 0 saturated heterocycles. The average Bonchev–Trinajstić information content (AvgIpc) is 2.77. The number of anilines is 2. The van der Waals surface area contributed by atoms with E-state index in [1.807, 2.05) is 79.3 Å². The number of rotatable bonds is 7. The summed E-state index contributed by atoms with van der Waals surface area (Å²) in [6, 6.07) is 22.5. The van der Waals surface area contributed by atoms with Crippen LogP contribution in [0.5, 0.6) is 0 Å². The van der Waals surface area contributed by atoms with Crippen molar-refractivity contribution >= 4 is 34.8 Å². The van der Waals surface area contributed by atoms with Crippen LogP contribution in [-0.2, 0) is 11.3 Å². The molecule has 0 radical (unpaired) electrons. The van der Waals surface area contributed by atoms with Crippen molar-refractivity contribution in [3.8, 4) is 0 Å². The van der Waals surface area contributed by atoms with Gasteiger partial charge in [-0.15, -0.1) is 0 Å². The molecule has 3 rings (SSSR count). The summed E-state index contributed by atoms with van der Waals surface area (Å²) in [6.45, 7) is 4.02. The third-order valence-corrected chi connectivity index (χ3v) is 5.76. The lowest BCUT2D eigenvalue weighted by Gasteiger charge is -2.30. The molecule has 3 aromatic rings. The first kappa shape index (κ1) is 23.4. The van der Waals surface area contributed by atoms with Gasteiger partial charge in [0.2, 0.25) is 5.91 Å². The van der Waals surface area contributed by atoms with Gasteiger partial charge < -0.3 is 15.1 Å². The summed E-state index contributed by atoms with van der Waals surface area (Å²) in [5, 5.41) is 3.32. The Kier molecular flexibility index (Phi) is 7.54. The molecule has 0 heterocycles. The Morgan fingerprint density at radius 2 is 1.62 bits per heavy atom. The van der Waals surface area contributed by atoms with E-state index in [0.717, 1.165) is 16.8 Å². The quantitative estimate of drug-likeness (QED) is 0.498. The van der Waals surface area contributed by atoms with Crippen LogP contribution in [0.3, 0.4) is 0 Å². The van der Waals surface area contributed by atoms with E-state index < -0.39 is 0 Å². The van der Waals surface area contributed by atoms with Gasteiger partial charge in [-0.05, 0) is 48.4 Å². The third-order valence-electron chi connectivity index (χ3n) is 5.43. The topological polar surface area (TPSA) is 52.7 Å². The molecule has 3 aromatic carbocycles. The van der Waals surface area contributed by atoms with E-state index in [1.54, 1.807) is 31.2 Å². The van der Waals surface area contributed by atoms with E-state index in [9.17, 15) is 9.59 Å². The van der Waals surface area contributed by atoms with Crippen molar-refractivity contribution in [1.29, 1.82) is 0 Å². The standard InChI is InChI=1S/C26H28ClN3O2/c1-18(20-10-6-5-7-11-20)30(19(2)31)17-21-16-22(14-15-25(21)29(3)4)28-26(32)23-12-8-9-13-24(23)27/h5-16,18H,17H2,1-4H3,(H,28,32)/t18-/m1/s1. The Balaban J connectivity index is 1.90. The van der Waals surface area contributed by atoms with Crippen molar-refractivity contribution in [2.24, 2.45) is 0 Å². The zero-order valence-corrected chi connectivity index (χ0v) is 19.6. The molecule has 0 bridgehead atoms. The molecule has 2 amide bonds. The monoisotopic (exact) mass is 449 g/mol. The van der Waals surface area contributed by atoms with Crippen LogP contribution >= 0.6 is 11.6 Å². The number of hydrogen-bond donors (Lipinski definition) is 1. The van der Waals surface area contributed by atoms with Gasteiger partial charge in [-0.25, -0.2) is 0 Å². The Morgan fingerprint density at radius 3 is 2.25 bits per heavy atom. The van der Waals surface area contributed by atoms with E-state index in [2.05, 4.69) is 5.32 Å². The van der Waals surface area contributed by atoms with Crippen molar-refractivity contribution in [3.05, 3.63) is 94.5 Å². The molecule has 0 aliphatic rings. The van der Waals surface area contributed by atoms with Crippen molar-refractivity contribution in [2.75, 3.05) is 24.3 Å². The second kappa shape index (κ2) is 10.3. The van der Waals surface area contributed by atoms with E-state index >= 15 is 0 Å². The van der Waals surface area contributed by atoms with E-state index in [4.69, 9.17) is 11.6 Å². The fourth-order valence-corrected chi connectivity index (χ4v) is 3.91. The van der Waals surface area contributed by atoms with Gasteiger partial charge in [-0.2, -0.15) is 0 Å². The number of amides is 2. The molecular formula is C26H28ClN3O2. The van der Waals surface area contributed by atoms with Crippen LogP contribution in [0.25, 0.3) is 0 Å². The van der Waals surface area contributed by atoms with Crippen LogP contribution < -0.4 is 10.2 Å². The Hall–Kier alpha value is -3.31. The normalized spacial score (nSPS) is 11.5. The third kappa shape index (κ3) is 5.48. The highest BCUT2D eigenvalue weighted by Gasteiger charge is 2.21. The molecule has 0 saturated carbocycles. The number of hydrogen-bond acceptors (Lipinski definition) is 3. The van der Waals surface area contributed by atoms with Crippen LogP contribution in [0.4, 0.5) is 11.4 Å². The van der Waals surface area contributed by atoms with Gasteiger partial charge >= 0.3 is 0 Å². The molecule has 0 fully saturated rings. The minimum absolute atomic E-state index is 0.0171.